The van der Waals surface area contributed by atoms with Crippen molar-refractivity contribution in [3.8, 4) is 11.1 Å². The van der Waals surface area contributed by atoms with Crippen LogP contribution in [-0.4, -0.2) is 36.7 Å². The second kappa shape index (κ2) is 6.88. The molecule has 1 aliphatic heterocycles. The van der Waals surface area contributed by atoms with Crippen LogP contribution in [0.2, 0.25) is 0 Å². The van der Waals surface area contributed by atoms with Gasteiger partial charge in [-0.15, -0.1) is 0 Å². The highest BCUT2D eigenvalue weighted by Crippen LogP contribution is 2.30. The highest BCUT2D eigenvalue weighted by atomic mass is 16.5. The van der Waals surface area contributed by atoms with Crippen molar-refractivity contribution in [2.45, 2.75) is 12.8 Å². The lowest BCUT2D eigenvalue weighted by atomic mass is 9.80. The number of carbonyl (C=O) groups excluding carboxylic acids is 1. The molecule has 3 rings (SSSR count). The Bertz CT molecular complexity index is 717. The Morgan fingerprint density at radius 3 is 2.62 bits per heavy atom. The molecule has 126 valence electrons. The van der Waals surface area contributed by atoms with E-state index in [1.807, 2.05) is 12.1 Å². The maximum Gasteiger partial charge on any atom is 0.311 e. The summed E-state index contributed by atoms with van der Waals surface area (Å²) in [4.78, 5) is 24.0. The average Bonchev–Trinajstić information content (AvgIpc) is 3.15. The first-order chi connectivity index (χ1) is 11.6. The summed E-state index contributed by atoms with van der Waals surface area (Å²) in [5.41, 5.74) is 1.29. The largest absolute Gasteiger partial charge is 0.481 e. The van der Waals surface area contributed by atoms with E-state index >= 15 is 0 Å². The molecule has 0 spiro atoms. The van der Waals surface area contributed by atoms with Crippen LogP contribution in [0.15, 0.2) is 47.3 Å². The van der Waals surface area contributed by atoms with Gasteiger partial charge < -0.3 is 19.6 Å². The molecule has 2 N–H and O–H groups in total. The molecule has 2 aromatic rings. The van der Waals surface area contributed by atoms with Crippen LogP contribution >= 0.6 is 0 Å². The number of rotatable bonds is 5. The number of ether oxygens (including phenoxy) is 1. The number of amides is 1. The van der Waals surface area contributed by atoms with Crippen molar-refractivity contribution in [2.24, 2.45) is 5.41 Å². The van der Waals surface area contributed by atoms with Gasteiger partial charge >= 0.3 is 5.97 Å². The molecule has 1 aliphatic rings. The van der Waals surface area contributed by atoms with Crippen molar-refractivity contribution < 1.29 is 23.8 Å². The van der Waals surface area contributed by atoms with Crippen molar-refractivity contribution in [3.05, 3.63) is 48.4 Å². The second-order valence-electron chi connectivity index (χ2n) is 5.97. The zero-order chi connectivity index (χ0) is 17.0. The van der Waals surface area contributed by atoms with Crippen LogP contribution in [0.5, 0.6) is 0 Å². The van der Waals surface area contributed by atoms with Gasteiger partial charge in [0.2, 0.25) is 0 Å². The molecule has 1 amide bonds. The Morgan fingerprint density at radius 2 is 1.96 bits per heavy atom. The molecule has 0 atom stereocenters. The monoisotopic (exact) mass is 329 g/mol. The van der Waals surface area contributed by atoms with Crippen LogP contribution < -0.4 is 5.32 Å². The number of carboxylic acids is 1. The van der Waals surface area contributed by atoms with Gasteiger partial charge in [0.25, 0.3) is 5.91 Å². The molecule has 1 fully saturated rings. The highest BCUT2D eigenvalue weighted by molar-refractivity contribution is 5.95. The van der Waals surface area contributed by atoms with Gasteiger partial charge in [0, 0.05) is 30.9 Å². The SMILES string of the molecule is O=C(NCC1(C(=O)O)CCOCC1)c1cccc(-c2ccoc2)c1. The van der Waals surface area contributed by atoms with Crippen LogP contribution in [0.4, 0.5) is 0 Å². The Labute approximate surface area is 139 Å². The number of nitrogens with one attached hydrogen (secondary N) is 1. The van der Waals surface area contributed by atoms with E-state index in [9.17, 15) is 14.7 Å². The number of benzene rings is 1. The molecule has 1 aromatic heterocycles. The summed E-state index contributed by atoms with van der Waals surface area (Å²) < 4.78 is 10.3. The van der Waals surface area contributed by atoms with Crippen LogP contribution in [-0.2, 0) is 9.53 Å². The Hall–Kier alpha value is -2.60. The average molecular weight is 329 g/mol. The molecule has 6 nitrogen and oxygen atoms in total. The molecule has 0 saturated carbocycles. The third-order valence-corrected chi connectivity index (χ3v) is 4.47. The third kappa shape index (κ3) is 3.33. The quantitative estimate of drug-likeness (QED) is 0.880. The van der Waals surface area contributed by atoms with Gasteiger partial charge in [0.05, 0.1) is 17.9 Å². The zero-order valence-corrected chi connectivity index (χ0v) is 13.2. The lowest BCUT2D eigenvalue weighted by Crippen LogP contribution is -2.46. The Balaban J connectivity index is 1.71. The standard InChI is InChI=1S/C18H19NO5/c20-16(19-12-18(17(21)22)5-8-23-9-6-18)14-3-1-2-13(10-14)15-4-7-24-11-15/h1-4,7,10-11H,5-6,8-9,12H2,(H,19,20)(H,21,22). The summed E-state index contributed by atoms with van der Waals surface area (Å²) in [5.74, 6) is -1.18. The van der Waals surface area contributed by atoms with E-state index in [1.165, 1.54) is 0 Å². The first-order valence-corrected chi connectivity index (χ1v) is 7.83. The van der Waals surface area contributed by atoms with Gasteiger partial charge in [-0.2, -0.15) is 0 Å². The number of furan rings is 1. The van der Waals surface area contributed by atoms with Crippen LogP contribution in [0.3, 0.4) is 0 Å². The van der Waals surface area contributed by atoms with E-state index in [-0.39, 0.29) is 12.5 Å². The normalized spacial score (nSPS) is 16.5. The zero-order valence-electron chi connectivity index (χ0n) is 13.2. The molecule has 6 heteroatoms. The van der Waals surface area contributed by atoms with Crippen molar-refractivity contribution in [1.29, 1.82) is 0 Å². The first kappa shape index (κ1) is 16.3. The van der Waals surface area contributed by atoms with E-state index in [4.69, 9.17) is 9.15 Å². The van der Waals surface area contributed by atoms with Gasteiger partial charge in [0.1, 0.15) is 0 Å². The first-order valence-electron chi connectivity index (χ1n) is 7.83. The van der Waals surface area contributed by atoms with Crippen LogP contribution in [0, 0.1) is 5.41 Å². The fourth-order valence-electron chi connectivity index (χ4n) is 2.85. The molecule has 2 heterocycles. The molecule has 1 aromatic carbocycles. The van der Waals surface area contributed by atoms with Gasteiger partial charge in [-0.05, 0) is 36.6 Å². The number of carboxylic acid groups (broad SMARTS) is 1. The maximum atomic E-state index is 12.4. The van der Waals surface area contributed by atoms with Gasteiger partial charge in [-0.3, -0.25) is 9.59 Å². The number of hydrogen-bond acceptors (Lipinski definition) is 4. The third-order valence-electron chi connectivity index (χ3n) is 4.47. The van der Waals surface area contributed by atoms with E-state index in [0.717, 1.165) is 11.1 Å². The van der Waals surface area contributed by atoms with E-state index in [2.05, 4.69) is 5.32 Å². The number of carbonyl (C=O) groups is 2. The predicted molar refractivity (Wildman–Crippen MR) is 86.6 cm³/mol. The fraction of sp³-hybridized carbons (Fsp3) is 0.333. The molecule has 0 radical (unpaired) electrons. The molecule has 0 bridgehead atoms. The number of hydrogen-bond donors (Lipinski definition) is 2. The van der Waals surface area contributed by atoms with Crippen LogP contribution in [0.1, 0.15) is 23.2 Å². The minimum absolute atomic E-state index is 0.0977. The summed E-state index contributed by atoms with van der Waals surface area (Å²) in [7, 11) is 0. The Morgan fingerprint density at radius 1 is 1.17 bits per heavy atom. The Kier molecular flexibility index (Phi) is 4.66. The van der Waals surface area contributed by atoms with Crippen molar-refractivity contribution in [3.63, 3.8) is 0 Å². The van der Waals surface area contributed by atoms with Gasteiger partial charge in [-0.25, -0.2) is 0 Å². The summed E-state index contributed by atoms with van der Waals surface area (Å²) in [6.07, 6.45) is 3.98. The van der Waals surface area contributed by atoms with Crippen LogP contribution in [0.25, 0.3) is 11.1 Å². The van der Waals surface area contributed by atoms with E-state index in [1.54, 1.807) is 30.7 Å². The molecule has 0 unspecified atom stereocenters. The van der Waals surface area contributed by atoms with Crippen molar-refractivity contribution in [1.82, 2.24) is 5.32 Å². The molecule has 1 saturated heterocycles. The maximum absolute atomic E-state index is 12.4. The molecular weight excluding hydrogens is 310 g/mol. The molecular formula is C18H19NO5. The number of aliphatic carboxylic acids is 1. The smallest absolute Gasteiger partial charge is 0.311 e. The lowest BCUT2D eigenvalue weighted by molar-refractivity contribution is -0.154. The minimum Gasteiger partial charge on any atom is -0.481 e. The highest BCUT2D eigenvalue weighted by Gasteiger charge is 2.40. The fourth-order valence-corrected chi connectivity index (χ4v) is 2.85. The van der Waals surface area contributed by atoms with Crippen molar-refractivity contribution >= 4 is 11.9 Å². The topological polar surface area (TPSA) is 88.8 Å². The summed E-state index contributed by atoms with van der Waals surface area (Å²) in [5, 5.41) is 12.3. The minimum atomic E-state index is -0.948. The lowest BCUT2D eigenvalue weighted by Gasteiger charge is -2.33. The molecule has 24 heavy (non-hydrogen) atoms. The summed E-state index contributed by atoms with van der Waals surface area (Å²) in [6.45, 7) is 0.900. The van der Waals surface area contributed by atoms with E-state index in [0.29, 0.717) is 31.6 Å². The van der Waals surface area contributed by atoms with Gasteiger partial charge in [0.15, 0.2) is 0 Å². The van der Waals surface area contributed by atoms with Crippen molar-refractivity contribution in [2.75, 3.05) is 19.8 Å². The predicted octanol–water partition coefficient (Wildman–Crippen LogP) is 2.56. The second-order valence-corrected chi connectivity index (χ2v) is 5.97. The summed E-state index contributed by atoms with van der Waals surface area (Å²) >= 11 is 0. The molecule has 0 aliphatic carbocycles. The van der Waals surface area contributed by atoms with E-state index < -0.39 is 11.4 Å². The summed E-state index contributed by atoms with van der Waals surface area (Å²) in [6, 6.07) is 8.96. The van der Waals surface area contributed by atoms with Gasteiger partial charge in [-0.1, -0.05) is 12.1 Å².